The molecule has 3 rings (SSSR count). The first-order valence-electron chi connectivity index (χ1n) is 9.74. The van der Waals surface area contributed by atoms with Gasteiger partial charge in [-0.05, 0) is 47.4 Å². The zero-order chi connectivity index (χ0) is 21.9. The summed E-state index contributed by atoms with van der Waals surface area (Å²) in [7, 11) is -3.73. The maximum absolute atomic E-state index is 12.7. The molecule has 1 aliphatic heterocycles. The minimum absolute atomic E-state index is 0.00584. The normalized spacial score (nSPS) is 15.2. The van der Waals surface area contributed by atoms with E-state index in [1.807, 2.05) is 12.1 Å². The molecule has 0 bridgehead atoms. The number of nitrogens with one attached hydrogen (secondary N) is 1. The summed E-state index contributed by atoms with van der Waals surface area (Å²) in [5, 5.41) is 4.21. The number of esters is 1. The van der Waals surface area contributed by atoms with Crippen molar-refractivity contribution in [2.24, 2.45) is 0 Å². The molecule has 7 nitrogen and oxygen atoms in total. The summed E-state index contributed by atoms with van der Waals surface area (Å²) in [6.07, 6.45) is 1.61. The van der Waals surface area contributed by atoms with E-state index in [0.29, 0.717) is 18.8 Å². The monoisotopic (exact) mass is 450 g/mol. The molecule has 30 heavy (non-hydrogen) atoms. The fourth-order valence-electron chi connectivity index (χ4n) is 3.16. The van der Waals surface area contributed by atoms with Gasteiger partial charge in [0.25, 0.3) is 5.91 Å². The quantitative estimate of drug-likeness (QED) is 0.679. The molecule has 1 N–H and O–H groups in total. The van der Waals surface area contributed by atoms with Crippen LogP contribution in [0.4, 0.5) is 5.69 Å². The van der Waals surface area contributed by atoms with Crippen molar-refractivity contribution >= 4 is 38.9 Å². The molecular weight excluding hydrogens is 424 g/mol. The van der Waals surface area contributed by atoms with Crippen LogP contribution in [0.25, 0.3) is 0 Å². The van der Waals surface area contributed by atoms with Crippen molar-refractivity contribution in [3.8, 4) is 0 Å². The van der Waals surface area contributed by atoms with E-state index in [0.717, 1.165) is 29.7 Å². The highest BCUT2D eigenvalue weighted by Gasteiger charge is 2.32. The van der Waals surface area contributed by atoms with Gasteiger partial charge in [-0.1, -0.05) is 32.9 Å². The molecule has 9 heteroatoms. The summed E-state index contributed by atoms with van der Waals surface area (Å²) >= 11 is 0.991. The summed E-state index contributed by atoms with van der Waals surface area (Å²) in [5.74, 6) is -1.31. The van der Waals surface area contributed by atoms with E-state index in [2.05, 4.69) is 26.1 Å². The largest absolute Gasteiger partial charge is 0.451 e. The Labute approximate surface area is 181 Å². The van der Waals surface area contributed by atoms with Gasteiger partial charge in [-0.15, -0.1) is 11.3 Å². The Morgan fingerprint density at radius 3 is 2.33 bits per heavy atom. The molecule has 1 aromatic carbocycles. The van der Waals surface area contributed by atoms with Gasteiger partial charge in [0.05, 0.1) is 0 Å². The maximum atomic E-state index is 12.7. The van der Waals surface area contributed by atoms with E-state index in [9.17, 15) is 18.0 Å². The van der Waals surface area contributed by atoms with Gasteiger partial charge >= 0.3 is 5.97 Å². The van der Waals surface area contributed by atoms with Crippen LogP contribution >= 0.6 is 11.3 Å². The zero-order valence-electron chi connectivity index (χ0n) is 17.3. The Kier molecular flexibility index (Phi) is 6.64. The van der Waals surface area contributed by atoms with Crippen molar-refractivity contribution < 1.29 is 22.7 Å². The molecule has 162 valence electrons. The van der Waals surface area contributed by atoms with Gasteiger partial charge in [0.2, 0.25) is 10.0 Å². The molecule has 1 aromatic heterocycles. The summed E-state index contributed by atoms with van der Waals surface area (Å²) in [6.45, 7) is 6.70. The van der Waals surface area contributed by atoms with E-state index < -0.39 is 28.5 Å². The Balaban J connectivity index is 1.60. The number of amides is 1. The number of carbonyl (C=O) groups is 2. The van der Waals surface area contributed by atoms with E-state index in [-0.39, 0.29) is 15.2 Å². The first-order chi connectivity index (χ1) is 14.1. The Bertz CT molecular complexity index is 1010. The third-order valence-electron chi connectivity index (χ3n) is 4.87. The van der Waals surface area contributed by atoms with Crippen LogP contribution < -0.4 is 5.32 Å². The maximum Gasteiger partial charge on any atom is 0.350 e. The summed E-state index contributed by atoms with van der Waals surface area (Å²) in [5.41, 5.74) is 1.74. The molecule has 0 aliphatic carbocycles. The molecule has 0 atom stereocenters. The molecule has 1 aliphatic rings. The third-order valence-corrected chi connectivity index (χ3v) is 7.83. The summed E-state index contributed by atoms with van der Waals surface area (Å²) in [4.78, 5) is 24.5. The predicted octanol–water partition coefficient (Wildman–Crippen LogP) is 3.63. The Morgan fingerprint density at radius 1 is 1.10 bits per heavy atom. The molecule has 0 unspecified atom stereocenters. The van der Waals surface area contributed by atoms with Gasteiger partial charge in [-0.2, -0.15) is 4.31 Å². The van der Waals surface area contributed by atoms with Crippen molar-refractivity contribution in [1.82, 2.24) is 4.31 Å². The smallest absolute Gasteiger partial charge is 0.350 e. The average Bonchev–Trinajstić information content (AvgIpc) is 3.38. The van der Waals surface area contributed by atoms with Crippen LogP contribution in [0.15, 0.2) is 40.6 Å². The van der Waals surface area contributed by atoms with E-state index >= 15 is 0 Å². The molecular formula is C21H26N2O5S2. The number of thiophene rings is 1. The van der Waals surface area contributed by atoms with Gasteiger partial charge in [0.15, 0.2) is 6.61 Å². The third kappa shape index (κ3) is 5.08. The number of hydrogen-bond donors (Lipinski definition) is 1. The highest BCUT2D eigenvalue weighted by Crippen LogP contribution is 2.28. The highest BCUT2D eigenvalue weighted by molar-refractivity contribution is 7.89. The minimum atomic E-state index is -3.73. The molecule has 1 fully saturated rings. The van der Waals surface area contributed by atoms with Crippen molar-refractivity contribution in [3.63, 3.8) is 0 Å². The fraction of sp³-hybridized carbons (Fsp3) is 0.429. The van der Waals surface area contributed by atoms with E-state index in [1.54, 1.807) is 12.1 Å². The summed E-state index contributed by atoms with van der Waals surface area (Å²) in [6, 6.07) is 8.86. The highest BCUT2D eigenvalue weighted by atomic mass is 32.2. The van der Waals surface area contributed by atoms with Crippen LogP contribution in [0.1, 0.15) is 48.8 Å². The van der Waals surface area contributed by atoms with Gasteiger partial charge < -0.3 is 10.1 Å². The lowest BCUT2D eigenvalue weighted by Crippen LogP contribution is -2.29. The molecule has 2 heterocycles. The van der Waals surface area contributed by atoms with Gasteiger partial charge in [0.1, 0.15) is 9.77 Å². The number of rotatable bonds is 6. The second-order valence-corrected chi connectivity index (χ2v) is 11.0. The molecule has 0 saturated carbocycles. The Hall–Kier alpha value is -2.23. The zero-order valence-corrected chi connectivity index (χ0v) is 18.9. The van der Waals surface area contributed by atoms with Crippen LogP contribution in [0, 0.1) is 0 Å². The molecule has 2 aromatic rings. The first kappa shape index (κ1) is 22.5. The number of carbonyl (C=O) groups excluding carboxylic acids is 2. The second-order valence-electron chi connectivity index (χ2n) is 8.18. The van der Waals surface area contributed by atoms with E-state index in [1.165, 1.54) is 15.8 Å². The SMILES string of the molecule is CC(C)(C)c1ccc(NC(=O)COC(=O)c2sccc2S(=O)(=O)N2CCCC2)cc1. The van der Waals surface area contributed by atoms with Crippen molar-refractivity contribution in [3.05, 3.63) is 46.2 Å². The minimum Gasteiger partial charge on any atom is -0.451 e. The van der Waals surface area contributed by atoms with Gasteiger partial charge in [-0.3, -0.25) is 4.79 Å². The number of hydrogen-bond acceptors (Lipinski definition) is 6. The number of benzene rings is 1. The molecule has 0 radical (unpaired) electrons. The van der Waals surface area contributed by atoms with Crippen LogP contribution in [0.2, 0.25) is 0 Å². The van der Waals surface area contributed by atoms with Crippen LogP contribution in [-0.2, 0) is 25.0 Å². The van der Waals surface area contributed by atoms with Crippen LogP contribution in [-0.4, -0.2) is 44.3 Å². The van der Waals surface area contributed by atoms with Crippen molar-refractivity contribution in [2.75, 3.05) is 25.0 Å². The lowest BCUT2D eigenvalue weighted by atomic mass is 9.87. The number of ether oxygens (including phenoxy) is 1. The number of nitrogens with zero attached hydrogens (tertiary/aromatic N) is 1. The second kappa shape index (κ2) is 8.87. The van der Waals surface area contributed by atoms with Crippen LogP contribution in [0.3, 0.4) is 0 Å². The van der Waals surface area contributed by atoms with Crippen LogP contribution in [0.5, 0.6) is 0 Å². The molecule has 0 spiro atoms. The molecule has 1 saturated heterocycles. The Morgan fingerprint density at radius 2 is 1.73 bits per heavy atom. The predicted molar refractivity (Wildman–Crippen MR) is 116 cm³/mol. The fourth-order valence-corrected chi connectivity index (χ4v) is 5.96. The average molecular weight is 451 g/mol. The van der Waals surface area contributed by atoms with Crippen molar-refractivity contribution in [2.45, 2.75) is 43.9 Å². The standard InChI is InChI=1S/C21H26N2O5S2/c1-21(2,3)15-6-8-16(9-7-15)22-18(24)14-28-20(25)19-17(10-13-29-19)30(26,27)23-11-4-5-12-23/h6-10,13H,4-5,11-12,14H2,1-3H3,(H,22,24). The first-order valence-corrected chi connectivity index (χ1v) is 12.1. The number of anilines is 1. The lowest BCUT2D eigenvalue weighted by Gasteiger charge is -2.19. The van der Waals surface area contributed by atoms with Gasteiger partial charge in [0, 0.05) is 18.8 Å². The lowest BCUT2D eigenvalue weighted by molar-refractivity contribution is -0.119. The summed E-state index contributed by atoms with van der Waals surface area (Å²) < 4.78 is 31.9. The number of sulfonamides is 1. The topological polar surface area (TPSA) is 92.8 Å². The van der Waals surface area contributed by atoms with Crippen molar-refractivity contribution in [1.29, 1.82) is 0 Å². The molecule has 1 amide bonds. The van der Waals surface area contributed by atoms with Gasteiger partial charge in [-0.25, -0.2) is 13.2 Å². The van der Waals surface area contributed by atoms with E-state index in [4.69, 9.17) is 4.74 Å².